The molecule has 0 unspecified atom stereocenters. The average Bonchev–Trinajstić information content (AvgIpc) is 2.69. The van der Waals surface area contributed by atoms with Crippen molar-refractivity contribution in [3.8, 4) is 0 Å². The van der Waals surface area contributed by atoms with Gasteiger partial charge < -0.3 is 0 Å². The second-order valence-corrected chi connectivity index (χ2v) is 7.47. The summed E-state index contributed by atoms with van der Waals surface area (Å²) in [6.07, 6.45) is 1.18. The molecule has 4 atom stereocenters. The van der Waals surface area contributed by atoms with Crippen LogP contribution in [0.15, 0.2) is 0 Å². The molecule has 2 rings (SSSR count). The number of hydrogen-bond donors (Lipinski definition) is 1. The molecule has 0 amide bonds. The average molecular weight is 309 g/mol. The van der Waals surface area contributed by atoms with Crippen molar-refractivity contribution >= 4 is 15.0 Å². The van der Waals surface area contributed by atoms with Crippen molar-refractivity contribution in [3.63, 3.8) is 0 Å². The molecular formula is C12H22O4Se. The molecule has 0 aromatic carbocycles. The van der Waals surface area contributed by atoms with Gasteiger partial charge in [-0.3, -0.25) is 0 Å². The number of aliphatic hydroxyl groups is 1. The third kappa shape index (κ3) is 3.22. The molecule has 1 N–H and O–H groups in total. The molecule has 2 fully saturated rings. The molecule has 0 aromatic heterocycles. The van der Waals surface area contributed by atoms with Crippen LogP contribution in [0.4, 0.5) is 0 Å². The summed E-state index contributed by atoms with van der Waals surface area (Å²) >= 11 is 0.551. The first-order valence-corrected chi connectivity index (χ1v) is 8.72. The van der Waals surface area contributed by atoms with Crippen LogP contribution >= 0.6 is 0 Å². The van der Waals surface area contributed by atoms with E-state index in [9.17, 15) is 5.11 Å². The second-order valence-electron chi connectivity index (χ2n) is 5.06. The van der Waals surface area contributed by atoms with Crippen LogP contribution in [0.3, 0.4) is 0 Å². The van der Waals surface area contributed by atoms with E-state index in [0.717, 1.165) is 5.32 Å². The topological polar surface area (TPSA) is 47.9 Å². The molecule has 17 heavy (non-hydrogen) atoms. The van der Waals surface area contributed by atoms with Crippen molar-refractivity contribution in [2.24, 2.45) is 0 Å². The summed E-state index contributed by atoms with van der Waals surface area (Å²) in [4.78, 5) is 0. The maximum absolute atomic E-state index is 10.1. The van der Waals surface area contributed by atoms with Gasteiger partial charge in [0.2, 0.25) is 0 Å². The molecule has 0 radical (unpaired) electrons. The van der Waals surface area contributed by atoms with E-state index in [1.54, 1.807) is 0 Å². The van der Waals surface area contributed by atoms with Crippen molar-refractivity contribution in [1.29, 1.82) is 0 Å². The quantitative estimate of drug-likeness (QED) is 0.618. The van der Waals surface area contributed by atoms with Crippen molar-refractivity contribution in [1.82, 2.24) is 0 Å². The van der Waals surface area contributed by atoms with E-state index in [2.05, 4.69) is 6.92 Å². The summed E-state index contributed by atoms with van der Waals surface area (Å²) in [6.45, 7) is 5.90. The molecule has 2 heterocycles. The monoisotopic (exact) mass is 310 g/mol. The van der Waals surface area contributed by atoms with E-state index in [1.807, 2.05) is 13.8 Å². The van der Waals surface area contributed by atoms with E-state index in [4.69, 9.17) is 14.2 Å². The zero-order valence-corrected chi connectivity index (χ0v) is 12.4. The zero-order valence-electron chi connectivity index (χ0n) is 10.7. The van der Waals surface area contributed by atoms with Crippen molar-refractivity contribution in [2.75, 3.05) is 0 Å². The Hall–Kier alpha value is 0.359. The summed E-state index contributed by atoms with van der Waals surface area (Å²) in [5, 5.41) is 12.3. The Bertz CT molecular complexity index is 259. The van der Waals surface area contributed by atoms with Crippen LogP contribution in [0.2, 0.25) is 10.6 Å². The normalized spacial score (nSPS) is 39.5. The molecule has 2 aliphatic rings. The minimum absolute atomic E-state index is 0.0991. The van der Waals surface area contributed by atoms with Gasteiger partial charge in [0.1, 0.15) is 0 Å². The van der Waals surface area contributed by atoms with Crippen LogP contribution < -0.4 is 0 Å². The second kappa shape index (κ2) is 5.55. The zero-order chi connectivity index (χ0) is 12.5. The summed E-state index contributed by atoms with van der Waals surface area (Å²) in [6, 6.07) is 0. The Morgan fingerprint density at radius 1 is 1.29 bits per heavy atom. The third-order valence-electron chi connectivity index (χ3n) is 3.04. The number of unbranched alkanes of at least 4 members (excludes halogenated alkanes) is 1. The van der Waals surface area contributed by atoms with Crippen molar-refractivity contribution in [3.05, 3.63) is 0 Å². The molecule has 0 spiro atoms. The Morgan fingerprint density at radius 3 is 2.71 bits per heavy atom. The number of hydrogen-bond acceptors (Lipinski definition) is 4. The van der Waals surface area contributed by atoms with Gasteiger partial charge >= 0.3 is 109 Å². The van der Waals surface area contributed by atoms with Gasteiger partial charge in [0.25, 0.3) is 0 Å². The van der Waals surface area contributed by atoms with Gasteiger partial charge in [-0.25, -0.2) is 0 Å². The van der Waals surface area contributed by atoms with E-state index >= 15 is 0 Å². The molecule has 0 aliphatic carbocycles. The minimum atomic E-state index is -0.630. The first-order valence-electron chi connectivity index (χ1n) is 6.30. The van der Waals surface area contributed by atoms with Crippen LogP contribution in [0.1, 0.15) is 33.6 Å². The van der Waals surface area contributed by atoms with Gasteiger partial charge in [0.05, 0.1) is 0 Å². The van der Waals surface area contributed by atoms with Crippen LogP contribution in [0.25, 0.3) is 0 Å². The number of rotatable bonds is 5. The molecule has 2 saturated heterocycles. The maximum atomic E-state index is 10.1. The van der Waals surface area contributed by atoms with Crippen LogP contribution in [0.5, 0.6) is 0 Å². The van der Waals surface area contributed by atoms with E-state index in [-0.39, 0.29) is 18.5 Å². The molecule has 0 bridgehead atoms. The molecule has 100 valence electrons. The fourth-order valence-electron chi connectivity index (χ4n) is 2.14. The van der Waals surface area contributed by atoms with Crippen LogP contribution in [-0.2, 0) is 14.2 Å². The molecule has 0 saturated carbocycles. The van der Waals surface area contributed by atoms with Gasteiger partial charge in [0, 0.05) is 0 Å². The SMILES string of the molecule is CCCC[Se]C[C@H]1O[C@@H]2OC(C)(C)O[C@@H]2[C@H]1O. The molecule has 4 nitrogen and oxygen atoms in total. The predicted molar refractivity (Wildman–Crippen MR) is 65.0 cm³/mol. The van der Waals surface area contributed by atoms with Crippen LogP contribution in [0, 0.1) is 0 Å². The van der Waals surface area contributed by atoms with Gasteiger partial charge in [-0.1, -0.05) is 0 Å². The Labute approximate surface area is 109 Å². The summed E-state index contributed by atoms with van der Waals surface area (Å²) in [7, 11) is 0. The van der Waals surface area contributed by atoms with Gasteiger partial charge in [-0.05, 0) is 0 Å². The van der Waals surface area contributed by atoms with Gasteiger partial charge in [0.15, 0.2) is 0 Å². The standard InChI is InChI=1S/C12H22O4Se/c1-4-5-6-17-7-8-9(13)10-11(14-8)16-12(2,3)15-10/h8-11,13H,4-7H2,1-3H3/t8-,9+,10-,11-/m1/s1. The van der Waals surface area contributed by atoms with Crippen molar-refractivity contribution < 1.29 is 19.3 Å². The van der Waals surface area contributed by atoms with Gasteiger partial charge in [-0.15, -0.1) is 0 Å². The van der Waals surface area contributed by atoms with Gasteiger partial charge in [-0.2, -0.15) is 0 Å². The molecule has 5 heteroatoms. The molecular weight excluding hydrogens is 287 g/mol. The molecule has 0 aromatic rings. The number of ether oxygens (including phenoxy) is 3. The summed E-state index contributed by atoms with van der Waals surface area (Å²) in [5.41, 5.74) is 0. The number of aliphatic hydroxyl groups excluding tert-OH is 1. The van der Waals surface area contributed by atoms with E-state index < -0.39 is 11.9 Å². The fourth-order valence-corrected chi connectivity index (χ4v) is 4.59. The van der Waals surface area contributed by atoms with Crippen molar-refractivity contribution in [2.45, 2.75) is 74.6 Å². The molecule has 2 aliphatic heterocycles. The first kappa shape index (κ1) is 13.8. The first-order chi connectivity index (χ1) is 8.03. The van der Waals surface area contributed by atoms with E-state index in [0.29, 0.717) is 15.0 Å². The summed E-state index contributed by atoms with van der Waals surface area (Å²) in [5.74, 6) is -0.630. The predicted octanol–water partition coefficient (Wildman–Crippen LogP) is 1.56. The number of fused-ring (bicyclic) bond motifs is 1. The Morgan fingerprint density at radius 2 is 2.06 bits per heavy atom. The summed E-state index contributed by atoms with van der Waals surface area (Å²) < 4.78 is 17.0. The Balaban J connectivity index is 1.78. The van der Waals surface area contributed by atoms with E-state index in [1.165, 1.54) is 18.2 Å². The van der Waals surface area contributed by atoms with Crippen LogP contribution in [-0.4, -0.2) is 50.5 Å². The Kier molecular flexibility index (Phi) is 4.50. The fraction of sp³-hybridized carbons (Fsp3) is 1.00. The third-order valence-corrected chi connectivity index (χ3v) is 5.43.